The minimum Gasteiger partial charge on any atom is -0.350 e. The Morgan fingerprint density at radius 1 is 1.41 bits per heavy atom. The van der Waals surface area contributed by atoms with E-state index in [0.717, 1.165) is 12.0 Å². The Morgan fingerprint density at radius 3 is 2.77 bits per heavy atom. The Kier molecular flexibility index (Phi) is 4.88. The van der Waals surface area contributed by atoms with Gasteiger partial charge >= 0.3 is 0 Å². The second-order valence-corrected chi connectivity index (χ2v) is 5.93. The molecule has 0 radical (unpaired) electrons. The van der Waals surface area contributed by atoms with Gasteiger partial charge in [0.2, 0.25) is 5.76 Å². The van der Waals surface area contributed by atoms with Crippen molar-refractivity contribution in [1.82, 2.24) is 10.1 Å². The zero-order valence-electron chi connectivity index (χ0n) is 12.5. The maximum Gasteiger partial charge on any atom is 0.292 e. The molecule has 1 aromatic heterocycles. The lowest BCUT2D eigenvalue weighted by atomic mass is 9.90. The third kappa shape index (κ3) is 3.15. The number of hydrogen-bond acceptors (Lipinski definition) is 4. The van der Waals surface area contributed by atoms with Crippen LogP contribution < -0.4 is 5.73 Å². The molecular formula is C16H20ClN3O2. The number of rotatable bonds is 3. The van der Waals surface area contributed by atoms with Gasteiger partial charge in [-0.1, -0.05) is 42.4 Å². The summed E-state index contributed by atoms with van der Waals surface area (Å²) in [7, 11) is 0. The van der Waals surface area contributed by atoms with Crippen molar-refractivity contribution in [1.29, 1.82) is 0 Å². The topological polar surface area (TPSA) is 72.4 Å². The number of hydrogen-bond donors (Lipinski definition) is 1. The minimum atomic E-state index is -0.109. The number of halogens is 1. The van der Waals surface area contributed by atoms with Gasteiger partial charge in [-0.2, -0.15) is 0 Å². The lowest BCUT2D eigenvalue weighted by Crippen LogP contribution is -2.34. The number of amides is 1. The molecule has 2 aromatic rings. The Morgan fingerprint density at radius 2 is 2.14 bits per heavy atom. The second-order valence-electron chi connectivity index (χ2n) is 5.93. The fourth-order valence-corrected chi connectivity index (χ4v) is 2.64. The molecule has 0 spiro atoms. The van der Waals surface area contributed by atoms with E-state index in [4.69, 9.17) is 10.3 Å². The summed E-state index contributed by atoms with van der Waals surface area (Å²) in [5.74, 6) is 0.178. The summed E-state index contributed by atoms with van der Waals surface area (Å²) in [4.78, 5) is 14.2. The highest BCUT2D eigenvalue weighted by atomic mass is 35.5. The number of aromatic nitrogens is 1. The molecule has 1 aliphatic heterocycles. The van der Waals surface area contributed by atoms with Crippen molar-refractivity contribution in [2.45, 2.75) is 13.3 Å². The lowest BCUT2D eigenvalue weighted by molar-refractivity contribution is 0.0735. The number of nitrogens with two attached hydrogens (primary N) is 1. The predicted octanol–water partition coefficient (Wildman–Crippen LogP) is 2.57. The SMILES string of the molecule is CC1(CN)CCN(C(=O)c2cc(-c3ccccc3)no2)C1.Cl. The molecule has 3 rings (SSSR count). The average Bonchev–Trinajstić information content (AvgIpc) is 3.15. The van der Waals surface area contributed by atoms with Gasteiger partial charge in [0.25, 0.3) is 5.91 Å². The van der Waals surface area contributed by atoms with Crippen LogP contribution in [0.1, 0.15) is 23.9 Å². The third-order valence-electron chi connectivity index (χ3n) is 4.13. The molecule has 1 fully saturated rings. The molecular weight excluding hydrogens is 302 g/mol. The number of benzene rings is 1. The highest BCUT2D eigenvalue weighted by Crippen LogP contribution is 2.30. The summed E-state index contributed by atoms with van der Waals surface area (Å²) in [6, 6.07) is 11.4. The van der Waals surface area contributed by atoms with Gasteiger partial charge in [-0.3, -0.25) is 4.79 Å². The monoisotopic (exact) mass is 321 g/mol. The van der Waals surface area contributed by atoms with Crippen molar-refractivity contribution in [2.75, 3.05) is 19.6 Å². The molecule has 6 heteroatoms. The first kappa shape index (κ1) is 16.5. The molecule has 1 aliphatic rings. The Labute approximate surface area is 135 Å². The van der Waals surface area contributed by atoms with Gasteiger partial charge in [0, 0.05) is 24.7 Å². The fraction of sp³-hybridized carbons (Fsp3) is 0.375. The third-order valence-corrected chi connectivity index (χ3v) is 4.13. The first-order valence-corrected chi connectivity index (χ1v) is 7.13. The van der Waals surface area contributed by atoms with Gasteiger partial charge in [0.05, 0.1) is 0 Å². The maximum absolute atomic E-state index is 12.4. The standard InChI is InChI=1S/C16H19N3O2.ClH/c1-16(10-17)7-8-19(11-16)15(20)14-9-13(18-21-14)12-5-3-2-4-6-12;/h2-6,9H,7-8,10-11,17H2,1H3;1H. The quantitative estimate of drug-likeness (QED) is 0.943. The summed E-state index contributed by atoms with van der Waals surface area (Å²) in [6.45, 7) is 4.08. The maximum atomic E-state index is 12.4. The summed E-state index contributed by atoms with van der Waals surface area (Å²) in [6.07, 6.45) is 0.926. The lowest BCUT2D eigenvalue weighted by Gasteiger charge is -2.21. The molecule has 2 heterocycles. The van der Waals surface area contributed by atoms with E-state index in [0.29, 0.717) is 25.3 Å². The van der Waals surface area contributed by atoms with Crippen LogP contribution >= 0.6 is 12.4 Å². The van der Waals surface area contributed by atoms with Gasteiger partial charge in [-0.05, 0) is 18.4 Å². The van der Waals surface area contributed by atoms with Gasteiger partial charge in [0.15, 0.2) is 0 Å². The molecule has 118 valence electrons. The average molecular weight is 322 g/mol. The molecule has 1 aromatic carbocycles. The first-order chi connectivity index (χ1) is 10.1. The summed E-state index contributed by atoms with van der Waals surface area (Å²) < 4.78 is 5.22. The molecule has 1 amide bonds. The molecule has 0 aliphatic carbocycles. The van der Waals surface area contributed by atoms with E-state index in [2.05, 4.69) is 12.1 Å². The summed E-state index contributed by atoms with van der Waals surface area (Å²) in [5.41, 5.74) is 7.41. The number of carbonyl (C=O) groups is 1. The van der Waals surface area contributed by atoms with Crippen LogP contribution in [0.5, 0.6) is 0 Å². The van der Waals surface area contributed by atoms with Crippen LogP contribution in [0, 0.1) is 5.41 Å². The first-order valence-electron chi connectivity index (χ1n) is 7.13. The molecule has 0 saturated carbocycles. The van der Waals surface area contributed by atoms with Gasteiger partial charge < -0.3 is 15.2 Å². The Balaban J connectivity index is 0.00000176. The molecule has 1 atom stereocenters. The predicted molar refractivity (Wildman–Crippen MR) is 86.9 cm³/mol. The second kappa shape index (κ2) is 6.50. The van der Waals surface area contributed by atoms with Crippen molar-refractivity contribution in [2.24, 2.45) is 11.1 Å². The largest absolute Gasteiger partial charge is 0.350 e. The Bertz CT molecular complexity index is 644. The molecule has 22 heavy (non-hydrogen) atoms. The van der Waals surface area contributed by atoms with E-state index in [1.165, 1.54) is 0 Å². The van der Waals surface area contributed by atoms with Crippen LogP contribution in [0.3, 0.4) is 0 Å². The smallest absolute Gasteiger partial charge is 0.292 e. The van der Waals surface area contributed by atoms with Gasteiger partial charge in [-0.25, -0.2) is 0 Å². The van der Waals surface area contributed by atoms with Crippen LogP contribution in [0.4, 0.5) is 0 Å². The van der Waals surface area contributed by atoms with E-state index in [1.807, 2.05) is 30.3 Å². The van der Waals surface area contributed by atoms with Crippen LogP contribution in [0.2, 0.25) is 0 Å². The highest BCUT2D eigenvalue weighted by molar-refractivity contribution is 5.92. The van der Waals surface area contributed by atoms with Crippen LogP contribution in [-0.2, 0) is 0 Å². The van der Waals surface area contributed by atoms with E-state index < -0.39 is 0 Å². The van der Waals surface area contributed by atoms with E-state index >= 15 is 0 Å². The number of nitrogens with zero attached hydrogens (tertiary/aromatic N) is 2. The molecule has 5 nitrogen and oxygen atoms in total. The van der Waals surface area contributed by atoms with Crippen molar-refractivity contribution < 1.29 is 9.32 Å². The van der Waals surface area contributed by atoms with Crippen molar-refractivity contribution in [3.8, 4) is 11.3 Å². The zero-order chi connectivity index (χ0) is 14.9. The molecule has 0 bridgehead atoms. The molecule has 1 saturated heterocycles. The molecule has 2 N–H and O–H groups in total. The highest BCUT2D eigenvalue weighted by Gasteiger charge is 2.36. The fourth-order valence-electron chi connectivity index (χ4n) is 2.64. The van der Waals surface area contributed by atoms with Crippen LogP contribution in [0.25, 0.3) is 11.3 Å². The summed E-state index contributed by atoms with van der Waals surface area (Å²) in [5, 5.41) is 3.99. The number of likely N-dealkylation sites (tertiary alicyclic amines) is 1. The van der Waals surface area contributed by atoms with E-state index in [9.17, 15) is 4.79 Å². The van der Waals surface area contributed by atoms with Crippen molar-refractivity contribution in [3.05, 3.63) is 42.2 Å². The van der Waals surface area contributed by atoms with Gasteiger partial charge in [0.1, 0.15) is 5.69 Å². The minimum absolute atomic E-state index is 0. The Hall–Kier alpha value is -1.85. The zero-order valence-corrected chi connectivity index (χ0v) is 13.3. The van der Waals surface area contributed by atoms with Gasteiger partial charge in [-0.15, -0.1) is 12.4 Å². The molecule has 1 unspecified atom stereocenters. The normalized spacial score (nSPS) is 20.7. The van der Waals surface area contributed by atoms with Crippen molar-refractivity contribution >= 4 is 18.3 Å². The van der Waals surface area contributed by atoms with E-state index in [-0.39, 0.29) is 29.5 Å². The van der Waals surface area contributed by atoms with Crippen LogP contribution in [0.15, 0.2) is 40.9 Å². The van der Waals surface area contributed by atoms with Crippen LogP contribution in [-0.4, -0.2) is 35.6 Å². The number of carbonyl (C=O) groups excluding carboxylic acids is 1. The van der Waals surface area contributed by atoms with Crippen molar-refractivity contribution in [3.63, 3.8) is 0 Å². The summed E-state index contributed by atoms with van der Waals surface area (Å²) >= 11 is 0. The van der Waals surface area contributed by atoms with E-state index in [1.54, 1.807) is 11.0 Å².